The van der Waals surface area contributed by atoms with E-state index in [1.54, 1.807) is 12.1 Å². The molecule has 0 bridgehead atoms. The molecule has 4 heteroatoms. The van der Waals surface area contributed by atoms with E-state index in [0.29, 0.717) is 17.3 Å². The number of anilines is 1. The second-order valence-corrected chi connectivity index (χ2v) is 6.72. The summed E-state index contributed by atoms with van der Waals surface area (Å²) in [5.74, 6) is -0.164. The van der Waals surface area contributed by atoms with Gasteiger partial charge >= 0.3 is 0 Å². The number of carbonyl (C=O) groups excluding carboxylic acids is 2. The summed E-state index contributed by atoms with van der Waals surface area (Å²) in [7, 11) is 0. The molecule has 24 heavy (non-hydrogen) atoms. The molecule has 1 unspecified atom stereocenters. The molecule has 2 aromatic rings. The third-order valence-corrected chi connectivity index (χ3v) is 4.84. The Balaban J connectivity index is 1.49. The lowest BCUT2D eigenvalue weighted by atomic mass is 9.77. The molecule has 0 saturated heterocycles. The van der Waals surface area contributed by atoms with Crippen LogP contribution in [-0.4, -0.2) is 17.9 Å². The van der Waals surface area contributed by atoms with Crippen LogP contribution in [0.4, 0.5) is 5.69 Å². The highest BCUT2D eigenvalue weighted by molar-refractivity contribution is 6.00. The maximum Gasteiger partial charge on any atom is 0.251 e. The molecule has 0 aliphatic heterocycles. The van der Waals surface area contributed by atoms with Crippen LogP contribution >= 0.6 is 0 Å². The van der Waals surface area contributed by atoms with E-state index < -0.39 is 0 Å². The molecule has 2 aliphatic rings. The quantitative estimate of drug-likeness (QED) is 0.909. The van der Waals surface area contributed by atoms with Crippen molar-refractivity contribution in [3.63, 3.8) is 0 Å². The molecule has 2 aliphatic carbocycles. The largest absolute Gasteiger partial charge is 0.349 e. The predicted molar refractivity (Wildman–Crippen MR) is 93.2 cm³/mol. The van der Waals surface area contributed by atoms with Gasteiger partial charge in [0.05, 0.1) is 5.92 Å². The highest BCUT2D eigenvalue weighted by Crippen LogP contribution is 2.35. The van der Waals surface area contributed by atoms with Crippen LogP contribution in [-0.2, 0) is 11.2 Å². The minimum Gasteiger partial charge on any atom is -0.349 e. The SMILES string of the molecule is Cc1ccc(C(=O)NC2CC2)cc1NC(=O)C1Cc2ccccc21. The number of benzene rings is 2. The van der Waals surface area contributed by atoms with Crippen molar-refractivity contribution in [1.29, 1.82) is 0 Å². The summed E-state index contributed by atoms with van der Waals surface area (Å²) < 4.78 is 0. The van der Waals surface area contributed by atoms with Crippen LogP contribution in [0.15, 0.2) is 42.5 Å². The van der Waals surface area contributed by atoms with Gasteiger partial charge in [-0.05, 0) is 55.0 Å². The van der Waals surface area contributed by atoms with Crippen LogP contribution in [0.25, 0.3) is 0 Å². The summed E-state index contributed by atoms with van der Waals surface area (Å²) in [5, 5.41) is 5.97. The first-order valence-corrected chi connectivity index (χ1v) is 8.42. The van der Waals surface area contributed by atoms with Gasteiger partial charge in [0, 0.05) is 17.3 Å². The number of amides is 2. The van der Waals surface area contributed by atoms with Crippen LogP contribution in [0, 0.1) is 6.92 Å². The van der Waals surface area contributed by atoms with E-state index in [0.717, 1.165) is 30.4 Å². The molecule has 122 valence electrons. The Labute approximate surface area is 141 Å². The monoisotopic (exact) mass is 320 g/mol. The summed E-state index contributed by atoms with van der Waals surface area (Å²) in [6.45, 7) is 1.94. The number of aryl methyl sites for hydroxylation is 1. The molecule has 0 aromatic heterocycles. The van der Waals surface area contributed by atoms with E-state index in [9.17, 15) is 9.59 Å². The maximum absolute atomic E-state index is 12.6. The number of hydrogen-bond donors (Lipinski definition) is 2. The van der Waals surface area contributed by atoms with E-state index >= 15 is 0 Å². The van der Waals surface area contributed by atoms with Crippen molar-refractivity contribution >= 4 is 17.5 Å². The van der Waals surface area contributed by atoms with Crippen molar-refractivity contribution in [1.82, 2.24) is 5.32 Å². The number of carbonyl (C=O) groups is 2. The topological polar surface area (TPSA) is 58.2 Å². The molecule has 0 spiro atoms. The number of nitrogens with one attached hydrogen (secondary N) is 2. The molecule has 4 rings (SSSR count). The van der Waals surface area contributed by atoms with Crippen molar-refractivity contribution in [3.8, 4) is 0 Å². The second-order valence-electron chi connectivity index (χ2n) is 6.72. The number of rotatable bonds is 4. The van der Waals surface area contributed by atoms with Crippen LogP contribution in [0.2, 0.25) is 0 Å². The average Bonchev–Trinajstić information content (AvgIpc) is 3.34. The predicted octanol–water partition coefficient (Wildman–Crippen LogP) is 3.17. The molecule has 0 heterocycles. The average molecular weight is 320 g/mol. The highest BCUT2D eigenvalue weighted by Gasteiger charge is 2.32. The van der Waals surface area contributed by atoms with Gasteiger partial charge in [-0.3, -0.25) is 9.59 Å². The van der Waals surface area contributed by atoms with E-state index in [4.69, 9.17) is 0 Å². The van der Waals surface area contributed by atoms with Crippen molar-refractivity contribution < 1.29 is 9.59 Å². The fourth-order valence-corrected chi connectivity index (χ4v) is 3.11. The lowest BCUT2D eigenvalue weighted by Gasteiger charge is -2.29. The lowest BCUT2D eigenvalue weighted by Crippen LogP contribution is -2.30. The first-order chi connectivity index (χ1) is 11.6. The summed E-state index contributed by atoms with van der Waals surface area (Å²) in [6.07, 6.45) is 2.90. The fourth-order valence-electron chi connectivity index (χ4n) is 3.11. The first kappa shape index (κ1) is 14.9. The molecule has 4 nitrogen and oxygen atoms in total. The normalized spacial score (nSPS) is 18.3. The zero-order valence-electron chi connectivity index (χ0n) is 13.6. The van der Waals surface area contributed by atoms with Gasteiger partial charge in [-0.25, -0.2) is 0 Å². The Bertz CT molecular complexity index is 824. The zero-order valence-corrected chi connectivity index (χ0v) is 13.6. The summed E-state index contributed by atoms with van der Waals surface area (Å²) >= 11 is 0. The van der Waals surface area contributed by atoms with Gasteiger partial charge in [0.25, 0.3) is 5.91 Å². The van der Waals surface area contributed by atoms with Gasteiger partial charge in [-0.1, -0.05) is 30.3 Å². The molecule has 1 saturated carbocycles. The molecule has 1 atom stereocenters. The van der Waals surface area contributed by atoms with Crippen molar-refractivity contribution in [2.75, 3.05) is 5.32 Å². The van der Waals surface area contributed by atoms with E-state index in [1.807, 2.05) is 31.2 Å². The fraction of sp³-hybridized carbons (Fsp3) is 0.300. The highest BCUT2D eigenvalue weighted by atomic mass is 16.2. The molecule has 1 fully saturated rings. The second kappa shape index (κ2) is 5.78. The summed E-state index contributed by atoms with van der Waals surface area (Å²) in [5.41, 5.74) is 4.62. The van der Waals surface area contributed by atoms with Crippen LogP contribution < -0.4 is 10.6 Å². The van der Waals surface area contributed by atoms with Crippen molar-refractivity contribution in [3.05, 3.63) is 64.7 Å². The summed E-state index contributed by atoms with van der Waals surface area (Å²) in [4.78, 5) is 24.8. The van der Waals surface area contributed by atoms with E-state index in [1.165, 1.54) is 5.56 Å². The first-order valence-electron chi connectivity index (χ1n) is 8.42. The van der Waals surface area contributed by atoms with E-state index in [-0.39, 0.29) is 17.7 Å². The Morgan fingerprint density at radius 3 is 2.62 bits per heavy atom. The van der Waals surface area contributed by atoms with Crippen LogP contribution in [0.5, 0.6) is 0 Å². The van der Waals surface area contributed by atoms with Crippen LogP contribution in [0.3, 0.4) is 0 Å². The maximum atomic E-state index is 12.6. The van der Waals surface area contributed by atoms with Gasteiger partial charge < -0.3 is 10.6 Å². The number of hydrogen-bond acceptors (Lipinski definition) is 2. The van der Waals surface area contributed by atoms with Crippen molar-refractivity contribution in [2.24, 2.45) is 0 Å². The lowest BCUT2D eigenvalue weighted by molar-refractivity contribution is -0.118. The zero-order chi connectivity index (χ0) is 16.7. The van der Waals surface area contributed by atoms with Gasteiger partial charge in [-0.2, -0.15) is 0 Å². The third kappa shape index (κ3) is 2.80. The smallest absolute Gasteiger partial charge is 0.251 e. The Morgan fingerprint density at radius 2 is 1.88 bits per heavy atom. The Hall–Kier alpha value is -2.62. The molecular weight excluding hydrogens is 300 g/mol. The van der Waals surface area contributed by atoms with Crippen LogP contribution in [0.1, 0.15) is 45.8 Å². The summed E-state index contributed by atoms with van der Waals surface area (Å²) in [6, 6.07) is 13.8. The molecule has 0 radical (unpaired) electrons. The Morgan fingerprint density at radius 1 is 1.08 bits per heavy atom. The Kier molecular flexibility index (Phi) is 3.60. The van der Waals surface area contributed by atoms with Gasteiger partial charge in [0.1, 0.15) is 0 Å². The third-order valence-electron chi connectivity index (χ3n) is 4.84. The molecule has 2 aromatic carbocycles. The standard InChI is InChI=1S/C20H20N2O2/c1-12-6-7-14(19(23)21-15-8-9-15)11-18(12)22-20(24)17-10-13-4-2-3-5-16(13)17/h2-7,11,15,17H,8-10H2,1H3,(H,21,23)(H,22,24). The molecule has 2 amide bonds. The minimum absolute atomic E-state index is 0.00319. The molecular formula is C20H20N2O2. The van der Waals surface area contributed by atoms with Crippen molar-refractivity contribution in [2.45, 2.75) is 38.1 Å². The van der Waals surface area contributed by atoms with Gasteiger partial charge in [-0.15, -0.1) is 0 Å². The number of fused-ring (bicyclic) bond motifs is 1. The van der Waals surface area contributed by atoms with E-state index in [2.05, 4.69) is 16.7 Å². The van der Waals surface area contributed by atoms with Gasteiger partial charge in [0.2, 0.25) is 5.91 Å². The molecule has 2 N–H and O–H groups in total. The minimum atomic E-state index is -0.0930. The van der Waals surface area contributed by atoms with Gasteiger partial charge in [0.15, 0.2) is 0 Å².